The maximum Gasteiger partial charge on any atom is 0.417 e. The predicted octanol–water partition coefficient (Wildman–Crippen LogP) is 2.78. The summed E-state index contributed by atoms with van der Waals surface area (Å²) >= 11 is 0. The van der Waals surface area contributed by atoms with E-state index in [1.165, 1.54) is 35.5 Å². The summed E-state index contributed by atoms with van der Waals surface area (Å²) in [6, 6.07) is 8.17. The van der Waals surface area contributed by atoms with E-state index in [2.05, 4.69) is 19.9 Å². The van der Waals surface area contributed by atoms with Gasteiger partial charge in [0.25, 0.3) is 5.56 Å². The van der Waals surface area contributed by atoms with Crippen molar-refractivity contribution in [3.8, 4) is 11.8 Å². The largest absolute Gasteiger partial charge is 0.417 e. The summed E-state index contributed by atoms with van der Waals surface area (Å²) < 4.78 is 42.2. The van der Waals surface area contributed by atoms with Crippen LogP contribution in [0.2, 0.25) is 0 Å². The molecule has 10 nitrogen and oxygen atoms in total. The molecule has 0 aliphatic carbocycles. The van der Waals surface area contributed by atoms with Gasteiger partial charge in [0.15, 0.2) is 5.82 Å². The Morgan fingerprint density at radius 3 is 2.53 bits per heavy atom. The van der Waals surface area contributed by atoms with E-state index < -0.39 is 22.7 Å². The van der Waals surface area contributed by atoms with E-state index in [-0.39, 0.29) is 46.8 Å². The summed E-state index contributed by atoms with van der Waals surface area (Å²) in [6.45, 7) is 1.77. The molecular weight excluding hydrogens is 451 g/mol. The summed E-state index contributed by atoms with van der Waals surface area (Å²) in [7, 11) is 0. The van der Waals surface area contributed by atoms with Crippen molar-refractivity contribution in [2.45, 2.75) is 13.1 Å². The highest BCUT2D eigenvalue weighted by molar-refractivity contribution is 5.84. The van der Waals surface area contributed by atoms with Gasteiger partial charge in [0, 0.05) is 12.7 Å². The van der Waals surface area contributed by atoms with Crippen LogP contribution < -0.4 is 21.9 Å². The third kappa shape index (κ3) is 3.71. The number of aromatic nitrogens is 5. The number of hydrogen-bond donors (Lipinski definition) is 2. The Hall–Kier alpha value is -4.73. The van der Waals surface area contributed by atoms with Gasteiger partial charge in [0.1, 0.15) is 17.5 Å². The van der Waals surface area contributed by atoms with Crippen molar-refractivity contribution >= 4 is 34.4 Å². The molecule has 3 heterocycles. The molecule has 0 aliphatic rings. The fraction of sp³-hybridized carbons (Fsp3) is 0.143. The highest BCUT2D eigenvalue weighted by Crippen LogP contribution is 2.35. The number of halogens is 3. The zero-order valence-electron chi connectivity index (χ0n) is 17.6. The van der Waals surface area contributed by atoms with Gasteiger partial charge >= 0.3 is 6.18 Å². The summed E-state index contributed by atoms with van der Waals surface area (Å²) in [5.74, 6) is -0.591. The smallest absolute Gasteiger partial charge is 0.382 e. The van der Waals surface area contributed by atoms with Crippen LogP contribution in [0, 0.1) is 11.3 Å². The third-order valence-electron chi connectivity index (χ3n) is 4.95. The van der Waals surface area contributed by atoms with E-state index in [0.29, 0.717) is 0 Å². The highest BCUT2D eigenvalue weighted by atomic mass is 19.4. The number of nitrogen functional groups attached to an aromatic ring is 2. The molecule has 0 radical (unpaired) electrons. The molecule has 0 saturated heterocycles. The summed E-state index contributed by atoms with van der Waals surface area (Å²) in [6.07, 6.45) is -2.04. The van der Waals surface area contributed by atoms with E-state index in [1.807, 2.05) is 6.07 Å². The number of nitriles is 1. The van der Waals surface area contributed by atoms with Gasteiger partial charge in [-0.1, -0.05) is 6.07 Å². The Morgan fingerprint density at radius 1 is 1.15 bits per heavy atom. The van der Waals surface area contributed by atoms with Gasteiger partial charge in [-0.2, -0.15) is 28.4 Å². The summed E-state index contributed by atoms with van der Waals surface area (Å²) in [5.41, 5.74) is 9.29. The second-order valence-corrected chi connectivity index (χ2v) is 6.98. The van der Waals surface area contributed by atoms with Crippen LogP contribution in [0.5, 0.6) is 0 Å². The highest BCUT2D eigenvalue weighted by Gasteiger charge is 2.35. The SMILES string of the molecule is CCN(c1nc(N)nc(N)c1C#N)c1nc2cccc(C(F)(F)F)c2c(=O)n1-c1cccnc1. The lowest BCUT2D eigenvalue weighted by Gasteiger charge is -2.26. The monoisotopic (exact) mass is 467 g/mol. The van der Waals surface area contributed by atoms with E-state index in [4.69, 9.17) is 11.5 Å². The molecular formula is C21H16F3N9O. The summed E-state index contributed by atoms with van der Waals surface area (Å²) in [5, 5.41) is 9.01. The first-order valence-electron chi connectivity index (χ1n) is 9.81. The molecule has 0 unspecified atom stereocenters. The zero-order chi connectivity index (χ0) is 24.6. The molecule has 4 rings (SSSR count). The lowest BCUT2D eigenvalue weighted by Crippen LogP contribution is -2.31. The topological polar surface area (TPSA) is 153 Å². The molecule has 0 atom stereocenters. The van der Waals surface area contributed by atoms with Crippen molar-refractivity contribution < 1.29 is 13.2 Å². The molecule has 0 saturated carbocycles. The number of hydrogen-bond acceptors (Lipinski definition) is 9. The van der Waals surface area contributed by atoms with Gasteiger partial charge in [0.05, 0.1) is 28.4 Å². The Bertz CT molecular complexity index is 1490. The molecule has 4 aromatic rings. The van der Waals surface area contributed by atoms with Crippen molar-refractivity contribution in [2.24, 2.45) is 0 Å². The predicted molar refractivity (Wildman–Crippen MR) is 118 cm³/mol. The maximum absolute atomic E-state index is 13.7. The molecule has 0 spiro atoms. The zero-order valence-corrected chi connectivity index (χ0v) is 17.6. The van der Waals surface area contributed by atoms with Crippen LogP contribution >= 0.6 is 0 Å². The number of alkyl halides is 3. The molecule has 1 aromatic carbocycles. The summed E-state index contributed by atoms with van der Waals surface area (Å²) in [4.78, 5) is 31.1. The average molecular weight is 467 g/mol. The number of benzene rings is 1. The molecule has 0 amide bonds. The molecule has 0 fully saturated rings. The first-order chi connectivity index (χ1) is 16.2. The molecule has 34 heavy (non-hydrogen) atoms. The fourth-order valence-corrected chi connectivity index (χ4v) is 3.53. The van der Waals surface area contributed by atoms with Gasteiger partial charge in [-0.05, 0) is 31.2 Å². The number of pyridine rings is 1. The van der Waals surface area contributed by atoms with Crippen LogP contribution in [0.4, 0.5) is 36.7 Å². The number of nitrogens with zero attached hydrogens (tertiary/aromatic N) is 7. The molecule has 0 bridgehead atoms. The number of anilines is 4. The number of nitrogens with two attached hydrogens (primary N) is 2. The normalized spacial score (nSPS) is 11.4. The van der Waals surface area contributed by atoms with Crippen LogP contribution in [0.3, 0.4) is 0 Å². The first kappa shape index (κ1) is 22.5. The van der Waals surface area contributed by atoms with Crippen LogP contribution in [0.1, 0.15) is 18.1 Å². The first-order valence-corrected chi connectivity index (χ1v) is 9.81. The molecule has 3 aromatic heterocycles. The average Bonchev–Trinajstić information content (AvgIpc) is 2.79. The Labute approximate surface area is 189 Å². The van der Waals surface area contributed by atoms with Gasteiger partial charge in [-0.3, -0.25) is 14.7 Å². The van der Waals surface area contributed by atoms with Gasteiger partial charge in [0.2, 0.25) is 11.9 Å². The van der Waals surface area contributed by atoms with E-state index >= 15 is 0 Å². The van der Waals surface area contributed by atoms with Gasteiger partial charge in [-0.25, -0.2) is 9.55 Å². The van der Waals surface area contributed by atoms with Crippen LogP contribution in [0.25, 0.3) is 16.6 Å². The van der Waals surface area contributed by atoms with Crippen molar-refractivity contribution in [1.82, 2.24) is 24.5 Å². The van der Waals surface area contributed by atoms with Crippen molar-refractivity contribution in [3.05, 3.63) is 64.2 Å². The minimum Gasteiger partial charge on any atom is -0.382 e. The van der Waals surface area contributed by atoms with E-state index in [0.717, 1.165) is 16.7 Å². The minimum atomic E-state index is -4.79. The van der Waals surface area contributed by atoms with Crippen molar-refractivity contribution in [3.63, 3.8) is 0 Å². The number of rotatable bonds is 4. The van der Waals surface area contributed by atoms with Gasteiger partial charge < -0.3 is 11.5 Å². The Kier molecular flexibility index (Phi) is 5.50. The van der Waals surface area contributed by atoms with Crippen LogP contribution in [-0.2, 0) is 6.18 Å². The maximum atomic E-state index is 13.7. The van der Waals surface area contributed by atoms with Gasteiger partial charge in [-0.15, -0.1) is 0 Å². The Balaban J connectivity index is 2.15. The van der Waals surface area contributed by atoms with Crippen molar-refractivity contribution in [2.75, 3.05) is 22.9 Å². The van der Waals surface area contributed by atoms with Crippen LogP contribution in [0.15, 0.2) is 47.5 Å². The quantitative estimate of drug-likeness (QED) is 0.461. The Morgan fingerprint density at radius 2 is 1.91 bits per heavy atom. The molecule has 0 aliphatic heterocycles. The van der Waals surface area contributed by atoms with E-state index in [1.54, 1.807) is 6.92 Å². The minimum absolute atomic E-state index is 0.0501. The third-order valence-corrected chi connectivity index (χ3v) is 4.95. The lowest BCUT2D eigenvalue weighted by atomic mass is 10.1. The lowest BCUT2D eigenvalue weighted by molar-refractivity contribution is -0.136. The number of fused-ring (bicyclic) bond motifs is 1. The molecule has 172 valence electrons. The van der Waals surface area contributed by atoms with E-state index in [9.17, 15) is 23.2 Å². The van der Waals surface area contributed by atoms with Crippen LogP contribution in [-0.4, -0.2) is 31.0 Å². The second-order valence-electron chi connectivity index (χ2n) is 6.98. The van der Waals surface area contributed by atoms with Crippen molar-refractivity contribution in [1.29, 1.82) is 5.26 Å². The molecule has 4 N–H and O–H groups in total. The standard InChI is InChI=1S/C21H16F3N9O/c1-2-32(17-12(9-25)16(26)30-19(27)31-17)20-29-14-7-3-6-13(21(22,23)24)15(14)18(34)33(20)11-5-4-8-28-10-11/h3-8,10H,2H2,1H3,(H4,26,27,30,31). The second kappa shape index (κ2) is 8.32. The fourth-order valence-electron chi connectivity index (χ4n) is 3.53. The molecule has 13 heteroatoms.